The quantitative estimate of drug-likeness (QED) is 0.824. The van der Waals surface area contributed by atoms with Crippen LogP contribution in [-0.2, 0) is 16.0 Å². The van der Waals surface area contributed by atoms with E-state index in [1.807, 2.05) is 25.1 Å². The summed E-state index contributed by atoms with van der Waals surface area (Å²) in [6, 6.07) is 5.89. The van der Waals surface area contributed by atoms with Gasteiger partial charge in [0, 0.05) is 12.0 Å². The molecule has 1 aliphatic carbocycles. The van der Waals surface area contributed by atoms with Crippen molar-refractivity contribution in [1.82, 2.24) is 0 Å². The molecule has 0 radical (unpaired) electrons. The fraction of sp³-hybridized carbons (Fsp3) is 0.500. The number of ether oxygens (including phenoxy) is 2. The molecule has 0 bridgehead atoms. The van der Waals surface area contributed by atoms with E-state index in [0.717, 1.165) is 23.3 Å². The minimum absolute atomic E-state index is 0.0351. The summed E-state index contributed by atoms with van der Waals surface area (Å²) < 4.78 is 10.3. The fourth-order valence-electron chi connectivity index (χ4n) is 2.57. The number of hydrogen-bond acceptors (Lipinski definition) is 4. The third-order valence-corrected chi connectivity index (χ3v) is 3.44. The number of hydrogen-bond donors (Lipinski definition) is 1. The highest BCUT2D eigenvalue weighted by atomic mass is 16.5. The summed E-state index contributed by atoms with van der Waals surface area (Å²) in [5.74, 6) is 0.704. The van der Waals surface area contributed by atoms with Crippen LogP contribution in [0.2, 0.25) is 0 Å². The molecule has 2 N–H and O–H groups in total. The van der Waals surface area contributed by atoms with Gasteiger partial charge in [-0.2, -0.15) is 0 Å². The van der Waals surface area contributed by atoms with Crippen LogP contribution in [0.3, 0.4) is 0 Å². The first-order valence-electron chi connectivity index (χ1n) is 6.24. The van der Waals surface area contributed by atoms with Crippen LogP contribution in [0.25, 0.3) is 0 Å². The fourth-order valence-corrected chi connectivity index (χ4v) is 2.57. The second kappa shape index (κ2) is 5.40. The van der Waals surface area contributed by atoms with E-state index in [2.05, 4.69) is 0 Å². The van der Waals surface area contributed by atoms with Crippen molar-refractivity contribution in [2.45, 2.75) is 31.7 Å². The predicted octanol–water partition coefficient (Wildman–Crippen LogP) is 1.62. The number of rotatable bonds is 4. The molecular weight excluding hydrogens is 230 g/mol. The number of methoxy groups -OCH3 is 1. The number of nitrogens with two attached hydrogens (primary N) is 1. The summed E-state index contributed by atoms with van der Waals surface area (Å²) >= 11 is 0. The van der Waals surface area contributed by atoms with Gasteiger partial charge < -0.3 is 15.2 Å². The topological polar surface area (TPSA) is 61.5 Å². The van der Waals surface area contributed by atoms with E-state index >= 15 is 0 Å². The van der Waals surface area contributed by atoms with Crippen LogP contribution in [0.4, 0.5) is 0 Å². The summed E-state index contributed by atoms with van der Waals surface area (Å²) in [5.41, 5.74) is 8.40. The lowest BCUT2D eigenvalue weighted by Crippen LogP contribution is -2.27. The molecule has 98 valence electrons. The highest BCUT2D eigenvalue weighted by molar-refractivity contribution is 5.71. The van der Waals surface area contributed by atoms with Crippen LogP contribution in [0.1, 0.15) is 30.4 Å². The smallest absolute Gasteiger partial charge is 0.306 e. The lowest BCUT2D eigenvalue weighted by Gasteiger charge is -2.15. The van der Waals surface area contributed by atoms with E-state index in [-0.39, 0.29) is 17.9 Å². The van der Waals surface area contributed by atoms with Gasteiger partial charge in [-0.15, -0.1) is 0 Å². The van der Waals surface area contributed by atoms with Gasteiger partial charge in [0.25, 0.3) is 0 Å². The molecule has 2 unspecified atom stereocenters. The maximum atomic E-state index is 11.4. The molecule has 4 nitrogen and oxygen atoms in total. The Kier molecular flexibility index (Phi) is 3.87. The standard InChI is InChI=1S/C14H19NO3/c1-3-18-13-6-4-5-9-10(8-14(16)17-2)12(15)7-11(9)13/h4-6,10,12H,3,7-8,15H2,1-2H3. The van der Waals surface area contributed by atoms with Crippen molar-refractivity contribution in [2.24, 2.45) is 5.73 Å². The van der Waals surface area contributed by atoms with Crippen molar-refractivity contribution in [1.29, 1.82) is 0 Å². The molecule has 0 aromatic heterocycles. The van der Waals surface area contributed by atoms with Gasteiger partial charge in [-0.3, -0.25) is 4.79 Å². The van der Waals surface area contributed by atoms with Gasteiger partial charge in [0.1, 0.15) is 5.75 Å². The van der Waals surface area contributed by atoms with Crippen molar-refractivity contribution < 1.29 is 14.3 Å². The first-order chi connectivity index (χ1) is 8.67. The molecule has 0 saturated carbocycles. The Labute approximate surface area is 107 Å². The van der Waals surface area contributed by atoms with E-state index in [1.54, 1.807) is 0 Å². The van der Waals surface area contributed by atoms with Crippen molar-refractivity contribution in [2.75, 3.05) is 13.7 Å². The van der Waals surface area contributed by atoms with Gasteiger partial charge in [-0.25, -0.2) is 0 Å². The molecule has 2 atom stereocenters. The maximum Gasteiger partial charge on any atom is 0.306 e. The second-order valence-electron chi connectivity index (χ2n) is 4.51. The molecule has 0 amide bonds. The van der Waals surface area contributed by atoms with Gasteiger partial charge in [0.05, 0.1) is 20.1 Å². The SMILES string of the molecule is CCOc1cccc2c1CC(N)C2CC(=O)OC. The largest absolute Gasteiger partial charge is 0.494 e. The van der Waals surface area contributed by atoms with Crippen molar-refractivity contribution in [3.8, 4) is 5.75 Å². The summed E-state index contributed by atoms with van der Waals surface area (Å²) in [5, 5.41) is 0. The molecule has 0 aliphatic heterocycles. The van der Waals surface area contributed by atoms with Crippen molar-refractivity contribution >= 4 is 5.97 Å². The number of carbonyl (C=O) groups excluding carboxylic acids is 1. The molecule has 2 rings (SSSR count). The zero-order chi connectivity index (χ0) is 13.1. The lowest BCUT2D eigenvalue weighted by atomic mass is 9.95. The molecular formula is C14H19NO3. The minimum atomic E-state index is -0.217. The monoisotopic (exact) mass is 249 g/mol. The minimum Gasteiger partial charge on any atom is -0.494 e. The Balaban J connectivity index is 2.28. The Hall–Kier alpha value is -1.55. The van der Waals surface area contributed by atoms with E-state index in [4.69, 9.17) is 15.2 Å². The molecule has 1 aliphatic rings. The molecule has 0 saturated heterocycles. The first kappa shape index (κ1) is 12.9. The van der Waals surface area contributed by atoms with E-state index in [0.29, 0.717) is 13.0 Å². The summed E-state index contributed by atoms with van der Waals surface area (Å²) in [6.07, 6.45) is 1.09. The zero-order valence-corrected chi connectivity index (χ0v) is 10.8. The Morgan fingerprint density at radius 2 is 2.28 bits per heavy atom. The Bertz CT molecular complexity index is 445. The lowest BCUT2D eigenvalue weighted by molar-refractivity contribution is -0.141. The summed E-state index contributed by atoms with van der Waals surface area (Å²) in [7, 11) is 1.40. The van der Waals surface area contributed by atoms with Gasteiger partial charge in [0.2, 0.25) is 0 Å². The van der Waals surface area contributed by atoms with E-state index in [9.17, 15) is 4.79 Å². The molecule has 1 aromatic rings. The number of carbonyl (C=O) groups is 1. The number of esters is 1. The van der Waals surface area contributed by atoms with Crippen LogP contribution < -0.4 is 10.5 Å². The van der Waals surface area contributed by atoms with Crippen LogP contribution in [-0.4, -0.2) is 25.7 Å². The molecule has 0 heterocycles. The molecule has 0 fully saturated rings. The van der Waals surface area contributed by atoms with E-state index in [1.165, 1.54) is 7.11 Å². The second-order valence-corrected chi connectivity index (χ2v) is 4.51. The normalized spacial score (nSPS) is 21.5. The summed E-state index contributed by atoms with van der Waals surface area (Å²) in [4.78, 5) is 11.4. The average Bonchev–Trinajstić information content (AvgIpc) is 2.68. The highest BCUT2D eigenvalue weighted by Gasteiger charge is 2.33. The van der Waals surface area contributed by atoms with Crippen molar-refractivity contribution in [3.63, 3.8) is 0 Å². The van der Waals surface area contributed by atoms with Gasteiger partial charge in [-0.1, -0.05) is 12.1 Å². The zero-order valence-electron chi connectivity index (χ0n) is 10.8. The summed E-state index contributed by atoms with van der Waals surface area (Å²) in [6.45, 7) is 2.59. The maximum absolute atomic E-state index is 11.4. The third kappa shape index (κ3) is 2.34. The first-order valence-corrected chi connectivity index (χ1v) is 6.24. The van der Waals surface area contributed by atoms with Crippen LogP contribution in [0, 0.1) is 0 Å². The number of benzene rings is 1. The van der Waals surface area contributed by atoms with Gasteiger partial charge >= 0.3 is 5.97 Å². The van der Waals surface area contributed by atoms with Crippen molar-refractivity contribution in [3.05, 3.63) is 29.3 Å². The molecule has 1 aromatic carbocycles. The predicted molar refractivity (Wildman–Crippen MR) is 68.7 cm³/mol. The van der Waals surface area contributed by atoms with Gasteiger partial charge in [-0.05, 0) is 30.5 Å². The Morgan fingerprint density at radius 1 is 1.50 bits per heavy atom. The molecule has 18 heavy (non-hydrogen) atoms. The van der Waals surface area contributed by atoms with Gasteiger partial charge in [0.15, 0.2) is 0 Å². The van der Waals surface area contributed by atoms with Crippen LogP contribution >= 0.6 is 0 Å². The van der Waals surface area contributed by atoms with Crippen LogP contribution in [0.15, 0.2) is 18.2 Å². The van der Waals surface area contributed by atoms with E-state index < -0.39 is 0 Å². The third-order valence-electron chi connectivity index (χ3n) is 3.44. The van der Waals surface area contributed by atoms with Crippen LogP contribution in [0.5, 0.6) is 5.75 Å². The molecule has 4 heteroatoms. The number of fused-ring (bicyclic) bond motifs is 1. The average molecular weight is 249 g/mol. The molecule has 0 spiro atoms. The Morgan fingerprint density at radius 3 is 2.94 bits per heavy atom. The highest BCUT2D eigenvalue weighted by Crippen LogP contribution is 2.39.